The minimum Gasteiger partial charge on any atom is -0.465 e. The lowest BCUT2D eigenvalue weighted by atomic mass is 9.84. The molecule has 21 heavy (non-hydrogen) atoms. The van der Waals surface area contributed by atoms with Crippen molar-refractivity contribution in [3.8, 4) is 0 Å². The van der Waals surface area contributed by atoms with Crippen LogP contribution in [0.3, 0.4) is 0 Å². The van der Waals surface area contributed by atoms with Crippen LogP contribution in [0.15, 0.2) is 12.1 Å². The number of hydrogen-bond donors (Lipinski definition) is 0. The topological polar surface area (TPSA) is 29.5 Å². The van der Waals surface area contributed by atoms with Crippen LogP contribution in [-0.2, 0) is 21.5 Å². The van der Waals surface area contributed by atoms with Gasteiger partial charge in [-0.15, -0.1) is 0 Å². The van der Waals surface area contributed by atoms with E-state index >= 15 is 0 Å². The monoisotopic (exact) mass is 291 g/mol. The van der Waals surface area contributed by atoms with Gasteiger partial charge in [-0.3, -0.25) is 9.69 Å². The van der Waals surface area contributed by atoms with Crippen molar-refractivity contribution >= 4 is 5.97 Å². The summed E-state index contributed by atoms with van der Waals surface area (Å²) in [7, 11) is 1.95. The Bertz CT molecular complexity index is 477. The van der Waals surface area contributed by atoms with E-state index in [-0.39, 0.29) is 11.4 Å². The number of carbonyl (C=O) groups excluding carboxylic acids is 1. The zero-order valence-electron chi connectivity index (χ0n) is 14.5. The molecule has 0 unspecified atom stereocenters. The highest BCUT2D eigenvalue weighted by Gasteiger charge is 2.17. The van der Waals surface area contributed by atoms with Crippen molar-refractivity contribution in [1.29, 1.82) is 0 Å². The van der Waals surface area contributed by atoms with Crippen LogP contribution in [0, 0.1) is 13.8 Å². The Morgan fingerprint density at radius 3 is 2.14 bits per heavy atom. The van der Waals surface area contributed by atoms with Crippen LogP contribution in [0.4, 0.5) is 0 Å². The summed E-state index contributed by atoms with van der Waals surface area (Å²) < 4.78 is 4.99. The highest BCUT2D eigenvalue weighted by molar-refractivity contribution is 5.71. The van der Waals surface area contributed by atoms with Crippen molar-refractivity contribution in [1.82, 2.24) is 4.90 Å². The van der Waals surface area contributed by atoms with E-state index in [0.717, 1.165) is 6.54 Å². The standard InChI is InChI=1S/C18H29NO2/c1-8-21-17(20)12-19(7)11-16-13(2)9-15(10-14(16)3)18(4,5)6/h9-10H,8,11-12H2,1-7H3. The zero-order chi connectivity index (χ0) is 16.2. The number of carbonyl (C=O) groups is 1. The Labute approximate surface area is 129 Å². The molecule has 0 heterocycles. The minimum atomic E-state index is -0.165. The van der Waals surface area contributed by atoms with Crippen molar-refractivity contribution in [3.05, 3.63) is 34.4 Å². The SMILES string of the molecule is CCOC(=O)CN(C)Cc1c(C)cc(C(C)(C)C)cc1C. The van der Waals surface area contributed by atoms with Crippen molar-refractivity contribution in [2.75, 3.05) is 20.2 Å². The third-order valence-corrected chi connectivity index (χ3v) is 3.69. The fraction of sp³-hybridized carbons (Fsp3) is 0.611. The smallest absolute Gasteiger partial charge is 0.320 e. The molecule has 0 saturated heterocycles. The molecule has 0 radical (unpaired) electrons. The van der Waals surface area contributed by atoms with Crippen molar-refractivity contribution in [2.24, 2.45) is 0 Å². The second-order valence-electron chi connectivity index (χ2n) is 6.82. The van der Waals surface area contributed by atoms with Gasteiger partial charge in [0, 0.05) is 6.54 Å². The van der Waals surface area contributed by atoms with Gasteiger partial charge >= 0.3 is 5.97 Å². The quantitative estimate of drug-likeness (QED) is 0.776. The molecule has 3 heteroatoms. The predicted octanol–water partition coefficient (Wildman–Crippen LogP) is 3.60. The number of ether oxygens (including phenoxy) is 1. The fourth-order valence-electron chi connectivity index (χ4n) is 2.43. The van der Waals surface area contributed by atoms with Crippen molar-refractivity contribution < 1.29 is 9.53 Å². The predicted molar refractivity (Wildman–Crippen MR) is 87.6 cm³/mol. The second kappa shape index (κ2) is 7.08. The molecule has 3 nitrogen and oxygen atoms in total. The minimum absolute atomic E-state index is 0.158. The molecule has 0 aliphatic carbocycles. The molecule has 0 aliphatic heterocycles. The molecule has 1 aromatic rings. The number of likely N-dealkylation sites (N-methyl/N-ethyl adjacent to an activating group) is 1. The van der Waals surface area contributed by atoms with Gasteiger partial charge in [0.1, 0.15) is 0 Å². The maximum absolute atomic E-state index is 11.5. The van der Waals surface area contributed by atoms with Gasteiger partial charge in [0.25, 0.3) is 0 Å². The van der Waals surface area contributed by atoms with E-state index in [2.05, 4.69) is 46.8 Å². The Kier molecular flexibility index (Phi) is 5.97. The lowest BCUT2D eigenvalue weighted by Crippen LogP contribution is -2.27. The van der Waals surface area contributed by atoms with Gasteiger partial charge in [-0.25, -0.2) is 0 Å². The lowest BCUT2D eigenvalue weighted by molar-refractivity contribution is -0.144. The molecule has 0 aromatic heterocycles. The summed E-state index contributed by atoms with van der Waals surface area (Å²) in [5, 5.41) is 0. The maximum Gasteiger partial charge on any atom is 0.320 e. The maximum atomic E-state index is 11.5. The van der Waals surface area contributed by atoms with Gasteiger partial charge < -0.3 is 4.74 Å². The van der Waals surface area contributed by atoms with Crippen LogP contribution in [0.5, 0.6) is 0 Å². The third kappa shape index (κ3) is 5.16. The largest absolute Gasteiger partial charge is 0.465 e. The average molecular weight is 291 g/mol. The molecule has 0 spiro atoms. The van der Waals surface area contributed by atoms with Crippen LogP contribution in [0.25, 0.3) is 0 Å². The van der Waals surface area contributed by atoms with Crippen molar-refractivity contribution in [2.45, 2.75) is 53.5 Å². The first-order valence-electron chi connectivity index (χ1n) is 7.60. The van der Waals surface area contributed by atoms with Crippen LogP contribution < -0.4 is 0 Å². The second-order valence-corrected chi connectivity index (χ2v) is 6.82. The molecule has 118 valence electrons. The highest BCUT2D eigenvalue weighted by Crippen LogP contribution is 2.27. The van der Waals surface area contributed by atoms with E-state index in [1.165, 1.54) is 22.3 Å². The molecule has 0 N–H and O–H groups in total. The molecular formula is C18H29NO2. The van der Waals surface area contributed by atoms with Gasteiger partial charge in [-0.1, -0.05) is 32.9 Å². The van der Waals surface area contributed by atoms with Gasteiger partial charge in [-0.05, 0) is 55.5 Å². The molecular weight excluding hydrogens is 262 g/mol. The first kappa shape index (κ1) is 17.7. The summed E-state index contributed by atoms with van der Waals surface area (Å²) in [6.07, 6.45) is 0. The fourth-order valence-corrected chi connectivity index (χ4v) is 2.43. The van der Waals surface area contributed by atoms with Crippen LogP contribution in [-0.4, -0.2) is 31.1 Å². The first-order chi connectivity index (χ1) is 9.65. The number of nitrogens with zero attached hydrogens (tertiary/aromatic N) is 1. The Morgan fingerprint density at radius 1 is 1.19 bits per heavy atom. The Hall–Kier alpha value is -1.35. The number of rotatable bonds is 5. The average Bonchev–Trinajstić information content (AvgIpc) is 2.32. The van der Waals surface area contributed by atoms with E-state index in [1.54, 1.807) is 0 Å². The van der Waals surface area contributed by atoms with E-state index in [1.807, 2.05) is 18.9 Å². The van der Waals surface area contributed by atoms with E-state index in [4.69, 9.17) is 4.74 Å². The van der Waals surface area contributed by atoms with Gasteiger partial charge in [0.15, 0.2) is 0 Å². The summed E-state index contributed by atoms with van der Waals surface area (Å²) in [6.45, 7) is 14.3. The highest BCUT2D eigenvalue weighted by atomic mass is 16.5. The normalized spacial score (nSPS) is 11.8. The molecule has 0 saturated carbocycles. The third-order valence-electron chi connectivity index (χ3n) is 3.69. The van der Waals surface area contributed by atoms with Gasteiger partial charge in [0.05, 0.1) is 13.2 Å². The van der Waals surface area contributed by atoms with Crippen LogP contribution >= 0.6 is 0 Å². The van der Waals surface area contributed by atoms with Gasteiger partial charge in [-0.2, -0.15) is 0 Å². The number of hydrogen-bond acceptors (Lipinski definition) is 3. The summed E-state index contributed by atoms with van der Waals surface area (Å²) in [4.78, 5) is 13.5. The lowest BCUT2D eigenvalue weighted by Gasteiger charge is -2.24. The van der Waals surface area contributed by atoms with E-state index in [0.29, 0.717) is 13.2 Å². The van der Waals surface area contributed by atoms with Crippen LogP contribution in [0.2, 0.25) is 0 Å². The number of esters is 1. The molecule has 0 fully saturated rings. The molecule has 0 atom stereocenters. The summed E-state index contributed by atoms with van der Waals surface area (Å²) in [5.74, 6) is -0.165. The molecule has 0 aliphatic rings. The number of benzene rings is 1. The summed E-state index contributed by atoms with van der Waals surface area (Å²) >= 11 is 0. The Morgan fingerprint density at radius 2 is 1.71 bits per heavy atom. The first-order valence-corrected chi connectivity index (χ1v) is 7.60. The van der Waals surface area contributed by atoms with Crippen LogP contribution in [0.1, 0.15) is 49.9 Å². The zero-order valence-corrected chi connectivity index (χ0v) is 14.5. The molecule has 1 aromatic carbocycles. The summed E-state index contributed by atoms with van der Waals surface area (Å²) in [6, 6.07) is 4.53. The summed E-state index contributed by atoms with van der Waals surface area (Å²) in [5.41, 5.74) is 5.39. The molecule has 0 bridgehead atoms. The van der Waals surface area contributed by atoms with Gasteiger partial charge in [0.2, 0.25) is 0 Å². The molecule has 0 amide bonds. The van der Waals surface area contributed by atoms with Crippen molar-refractivity contribution in [3.63, 3.8) is 0 Å². The Balaban J connectivity index is 2.87. The molecule has 1 rings (SSSR count). The van der Waals surface area contributed by atoms with E-state index in [9.17, 15) is 4.79 Å². The number of aryl methyl sites for hydroxylation is 2. The van der Waals surface area contributed by atoms with E-state index < -0.39 is 0 Å².